The first-order valence-corrected chi connectivity index (χ1v) is 8.77. The standard InChI is InChI=1S/C19H25FN2O3/c1-13-17(12-22-9-4-3-5-15(22)8-10-23)21-19(25-13)14-6-7-16(20)18(11-14)24-2/h6-7,11,15,23H,3-5,8-10,12H2,1-2H3/t15-/m1/s1. The molecule has 2 aromatic rings. The maximum Gasteiger partial charge on any atom is 0.226 e. The first kappa shape index (κ1) is 17.9. The van der Waals surface area contributed by atoms with Gasteiger partial charge in [0.05, 0.1) is 12.8 Å². The lowest BCUT2D eigenvalue weighted by atomic mass is 9.99. The molecule has 136 valence electrons. The van der Waals surface area contributed by atoms with Crippen LogP contribution in [0.4, 0.5) is 4.39 Å². The number of oxazole rings is 1. The third-order valence-electron chi connectivity index (χ3n) is 4.85. The SMILES string of the molecule is COc1cc(-c2nc(CN3CCCC[C@@H]3CCO)c(C)o2)ccc1F. The smallest absolute Gasteiger partial charge is 0.226 e. The van der Waals surface area contributed by atoms with Gasteiger partial charge in [0.2, 0.25) is 5.89 Å². The second kappa shape index (κ2) is 7.97. The Balaban J connectivity index is 1.80. The van der Waals surface area contributed by atoms with Gasteiger partial charge in [0, 0.05) is 24.8 Å². The molecule has 0 bridgehead atoms. The van der Waals surface area contributed by atoms with Crippen molar-refractivity contribution < 1.29 is 18.7 Å². The number of aliphatic hydroxyl groups is 1. The minimum atomic E-state index is -0.407. The Hall–Kier alpha value is -1.92. The van der Waals surface area contributed by atoms with Gasteiger partial charge >= 0.3 is 0 Å². The van der Waals surface area contributed by atoms with Crippen LogP contribution < -0.4 is 4.74 Å². The highest BCUT2D eigenvalue weighted by Crippen LogP contribution is 2.29. The summed E-state index contributed by atoms with van der Waals surface area (Å²) in [5.41, 5.74) is 1.58. The molecule has 1 fully saturated rings. The minimum absolute atomic E-state index is 0.175. The molecule has 1 atom stereocenters. The lowest BCUT2D eigenvalue weighted by molar-refractivity contribution is 0.111. The Morgan fingerprint density at radius 1 is 1.40 bits per heavy atom. The van der Waals surface area contributed by atoms with Gasteiger partial charge in [-0.3, -0.25) is 4.90 Å². The number of ether oxygens (including phenoxy) is 1. The summed E-state index contributed by atoms with van der Waals surface area (Å²) < 4.78 is 24.4. The molecule has 1 N–H and O–H groups in total. The lowest BCUT2D eigenvalue weighted by Crippen LogP contribution is -2.39. The average Bonchev–Trinajstić information content (AvgIpc) is 2.98. The number of rotatable bonds is 6. The van der Waals surface area contributed by atoms with Crippen LogP contribution in [0.2, 0.25) is 0 Å². The normalized spacial score (nSPS) is 18.5. The van der Waals surface area contributed by atoms with Gasteiger partial charge < -0.3 is 14.3 Å². The van der Waals surface area contributed by atoms with Crippen LogP contribution in [0, 0.1) is 12.7 Å². The molecule has 2 heterocycles. The number of aryl methyl sites for hydroxylation is 1. The summed E-state index contributed by atoms with van der Waals surface area (Å²) in [5, 5.41) is 9.28. The number of benzene rings is 1. The molecule has 0 radical (unpaired) electrons. The summed E-state index contributed by atoms with van der Waals surface area (Å²) in [6, 6.07) is 4.99. The van der Waals surface area contributed by atoms with Crippen molar-refractivity contribution in [2.45, 2.75) is 45.2 Å². The van der Waals surface area contributed by atoms with Crippen molar-refractivity contribution in [3.05, 3.63) is 35.5 Å². The molecular weight excluding hydrogens is 323 g/mol. The molecule has 0 aliphatic carbocycles. The third kappa shape index (κ3) is 4.02. The van der Waals surface area contributed by atoms with Crippen LogP contribution in [0.15, 0.2) is 22.6 Å². The summed E-state index contributed by atoms with van der Waals surface area (Å²) in [7, 11) is 1.44. The molecule has 1 aliphatic heterocycles. The van der Waals surface area contributed by atoms with Gasteiger partial charge in [-0.2, -0.15) is 0 Å². The first-order chi connectivity index (χ1) is 12.1. The van der Waals surface area contributed by atoms with Crippen molar-refractivity contribution in [1.29, 1.82) is 0 Å². The molecule has 5 nitrogen and oxygen atoms in total. The second-order valence-electron chi connectivity index (χ2n) is 6.50. The number of piperidine rings is 1. The van der Waals surface area contributed by atoms with Gasteiger partial charge in [-0.15, -0.1) is 0 Å². The quantitative estimate of drug-likeness (QED) is 0.865. The topological polar surface area (TPSA) is 58.7 Å². The zero-order chi connectivity index (χ0) is 17.8. The van der Waals surface area contributed by atoms with Crippen molar-refractivity contribution >= 4 is 0 Å². The van der Waals surface area contributed by atoms with E-state index in [1.54, 1.807) is 12.1 Å². The molecule has 1 aromatic heterocycles. The Morgan fingerprint density at radius 2 is 2.24 bits per heavy atom. The van der Waals surface area contributed by atoms with Crippen LogP contribution in [-0.4, -0.2) is 41.3 Å². The van der Waals surface area contributed by atoms with Crippen LogP contribution in [0.3, 0.4) is 0 Å². The van der Waals surface area contributed by atoms with E-state index < -0.39 is 5.82 Å². The molecule has 1 saturated heterocycles. The summed E-state index contributed by atoms with van der Waals surface area (Å²) in [6.45, 7) is 3.83. The Morgan fingerprint density at radius 3 is 3.00 bits per heavy atom. The maximum atomic E-state index is 13.6. The summed E-state index contributed by atoms with van der Waals surface area (Å²) in [4.78, 5) is 7.00. The average molecular weight is 348 g/mol. The molecule has 0 unspecified atom stereocenters. The highest BCUT2D eigenvalue weighted by atomic mass is 19.1. The van der Waals surface area contributed by atoms with Gasteiger partial charge in [-0.25, -0.2) is 9.37 Å². The van der Waals surface area contributed by atoms with Crippen LogP contribution in [-0.2, 0) is 6.54 Å². The largest absolute Gasteiger partial charge is 0.494 e. The maximum absolute atomic E-state index is 13.6. The van der Waals surface area contributed by atoms with E-state index in [0.29, 0.717) is 24.0 Å². The Bertz CT molecular complexity index is 715. The minimum Gasteiger partial charge on any atom is -0.494 e. The fourth-order valence-electron chi connectivity index (χ4n) is 3.43. The number of aromatic nitrogens is 1. The van der Waals surface area contributed by atoms with Gasteiger partial charge in [0.1, 0.15) is 5.76 Å². The van der Waals surface area contributed by atoms with Crippen LogP contribution in [0.5, 0.6) is 5.75 Å². The molecular formula is C19H25FN2O3. The number of aliphatic hydroxyl groups excluding tert-OH is 1. The van der Waals surface area contributed by atoms with E-state index in [0.717, 1.165) is 30.8 Å². The molecule has 0 spiro atoms. The van der Waals surface area contributed by atoms with E-state index >= 15 is 0 Å². The Kier molecular flexibility index (Phi) is 5.71. The number of nitrogens with zero attached hydrogens (tertiary/aromatic N) is 2. The fourth-order valence-corrected chi connectivity index (χ4v) is 3.43. The molecule has 1 aliphatic rings. The molecule has 0 saturated carbocycles. The predicted molar refractivity (Wildman–Crippen MR) is 92.9 cm³/mol. The fraction of sp³-hybridized carbons (Fsp3) is 0.526. The second-order valence-corrected chi connectivity index (χ2v) is 6.50. The number of methoxy groups -OCH3 is 1. The number of halogens is 1. The van der Waals surface area contributed by atoms with Crippen LogP contribution >= 0.6 is 0 Å². The van der Waals surface area contributed by atoms with Gasteiger partial charge in [-0.1, -0.05) is 6.42 Å². The van der Waals surface area contributed by atoms with E-state index in [9.17, 15) is 9.50 Å². The van der Waals surface area contributed by atoms with E-state index in [1.807, 2.05) is 6.92 Å². The van der Waals surface area contributed by atoms with Gasteiger partial charge in [-0.05, 0) is 50.9 Å². The van der Waals surface area contributed by atoms with E-state index in [4.69, 9.17) is 9.15 Å². The predicted octanol–water partition coefficient (Wildman–Crippen LogP) is 3.53. The van der Waals surface area contributed by atoms with Gasteiger partial charge in [0.15, 0.2) is 11.6 Å². The van der Waals surface area contributed by atoms with Crippen molar-refractivity contribution in [3.63, 3.8) is 0 Å². The highest BCUT2D eigenvalue weighted by Gasteiger charge is 2.24. The first-order valence-electron chi connectivity index (χ1n) is 8.77. The summed E-state index contributed by atoms with van der Waals surface area (Å²) >= 11 is 0. The van der Waals surface area contributed by atoms with E-state index in [1.165, 1.54) is 26.0 Å². The van der Waals surface area contributed by atoms with Crippen molar-refractivity contribution in [2.75, 3.05) is 20.3 Å². The third-order valence-corrected chi connectivity index (χ3v) is 4.85. The lowest BCUT2D eigenvalue weighted by Gasteiger charge is -2.35. The highest BCUT2D eigenvalue weighted by molar-refractivity contribution is 5.56. The summed E-state index contributed by atoms with van der Waals surface area (Å²) in [5.74, 6) is 1.01. The van der Waals surface area contributed by atoms with Crippen LogP contribution in [0.1, 0.15) is 37.1 Å². The van der Waals surface area contributed by atoms with Crippen LogP contribution in [0.25, 0.3) is 11.5 Å². The Labute approximate surface area is 147 Å². The number of hydrogen-bond acceptors (Lipinski definition) is 5. The van der Waals surface area contributed by atoms with Gasteiger partial charge in [0.25, 0.3) is 0 Å². The van der Waals surface area contributed by atoms with E-state index in [2.05, 4.69) is 9.88 Å². The van der Waals surface area contributed by atoms with E-state index in [-0.39, 0.29) is 12.4 Å². The molecule has 0 amide bonds. The molecule has 3 rings (SSSR count). The zero-order valence-corrected chi connectivity index (χ0v) is 14.8. The molecule has 25 heavy (non-hydrogen) atoms. The van der Waals surface area contributed by atoms with Crippen molar-refractivity contribution in [3.8, 4) is 17.2 Å². The summed E-state index contributed by atoms with van der Waals surface area (Å²) in [6.07, 6.45) is 4.28. The molecule has 6 heteroatoms. The van der Waals surface area contributed by atoms with Crippen molar-refractivity contribution in [2.24, 2.45) is 0 Å². The molecule has 1 aromatic carbocycles. The number of hydrogen-bond donors (Lipinski definition) is 1. The van der Waals surface area contributed by atoms with Crippen molar-refractivity contribution in [1.82, 2.24) is 9.88 Å². The zero-order valence-electron chi connectivity index (χ0n) is 14.8. The number of likely N-dealkylation sites (tertiary alicyclic amines) is 1. The monoisotopic (exact) mass is 348 g/mol.